The Kier molecular flexibility index (Phi) is 6.76. The first-order chi connectivity index (χ1) is 8.69. The van der Waals surface area contributed by atoms with E-state index in [9.17, 15) is 5.11 Å². The van der Waals surface area contributed by atoms with Crippen molar-refractivity contribution in [3.8, 4) is 5.75 Å². The number of ether oxygens (including phenoxy) is 1. The maximum absolute atomic E-state index is 9.72. The van der Waals surface area contributed by atoms with Crippen LogP contribution >= 0.6 is 0 Å². The van der Waals surface area contributed by atoms with Crippen molar-refractivity contribution in [2.45, 2.75) is 45.8 Å². The number of aliphatic hydroxyl groups is 1. The van der Waals surface area contributed by atoms with Crippen LogP contribution in [-0.2, 0) is 0 Å². The van der Waals surface area contributed by atoms with Gasteiger partial charge < -0.3 is 15.2 Å². The zero-order valence-electron chi connectivity index (χ0n) is 11.6. The molecule has 2 atom stereocenters. The number of para-hydroxylation sites is 1. The van der Waals surface area contributed by atoms with Crippen molar-refractivity contribution in [1.29, 1.82) is 0 Å². The number of hydrogen-bond donors (Lipinski definition) is 2. The van der Waals surface area contributed by atoms with E-state index in [1.165, 1.54) is 0 Å². The molecule has 0 heterocycles. The Hall–Kier alpha value is -1.06. The molecule has 1 aromatic rings. The summed E-state index contributed by atoms with van der Waals surface area (Å²) < 4.78 is 5.61. The van der Waals surface area contributed by atoms with Crippen molar-refractivity contribution in [2.24, 2.45) is 0 Å². The molecule has 0 saturated heterocycles. The zero-order chi connectivity index (χ0) is 13.4. The van der Waals surface area contributed by atoms with Crippen LogP contribution in [0.25, 0.3) is 0 Å². The van der Waals surface area contributed by atoms with Crippen molar-refractivity contribution in [2.75, 3.05) is 13.2 Å². The Morgan fingerprint density at radius 3 is 2.67 bits per heavy atom. The molecule has 18 heavy (non-hydrogen) atoms. The Morgan fingerprint density at radius 1 is 1.28 bits per heavy atom. The summed E-state index contributed by atoms with van der Waals surface area (Å²) in [6, 6.07) is 8.22. The number of rotatable bonds is 8. The third kappa shape index (κ3) is 4.67. The van der Waals surface area contributed by atoms with Gasteiger partial charge in [-0.05, 0) is 26.3 Å². The molecule has 2 unspecified atom stereocenters. The summed E-state index contributed by atoms with van der Waals surface area (Å²) in [6.07, 6.45) is 1.58. The van der Waals surface area contributed by atoms with Crippen LogP contribution in [0.3, 0.4) is 0 Å². The van der Waals surface area contributed by atoms with Gasteiger partial charge in [0.15, 0.2) is 0 Å². The number of hydrogen-bond acceptors (Lipinski definition) is 3. The quantitative estimate of drug-likeness (QED) is 0.746. The fourth-order valence-corrected chi connectivity index (χ4v) is 1.98. The molecule has 0 aliphatic rings. The molecule has 0 radical (unpaired) electrons. The molecule has 0 spiro atoms. The predicted octanol–water partition coefficient (Wildman–Crippen LogP) is 2.90. The molecule has 1 rings (SSSR count). The molecule has 0 saturated carbocycles. The second-order valence-corrected chi connectivity index (χ2v) is 4.54. The summed E-state index contributed by atoms with van der Waals surface area (Å²) in [5.41, 5.74) is 1.14. The van der Waals surface area contributed by atoms with Gasteiger partial charge in [0.1, 0.15) is 5.75 Å². The van der Waals surface area contributed by atoms with Crippen LogP contribution in [0.15, 0.2) is 24.3 Å². The molecule has 102 valence electrons. The van der Waals surface area contributed by atoms with Gasteiger partial charge in [0.05, 0.1) is 12.7 Å². The zero-order valence-corrected chi connectivity index (χ0v) is 11.6. The lowest BCUT2D eigenvalue weighted by molar-refractivity contribution is 0.157. The second kappa shape index (κ2) is 8.11. The van der Waals surface area contributed by atoms with E-state index in [1.807, 2.05) is 25.1 Å². The van der Waals surface area contributed by atoms with Crippen molar-refractivity contribution < 1.29 is 9.84 Å². The third-order valence-electron chi connectivity index (χ3n) is 2.97. The molecule has 3 heteroatoms. The summed E-state index contributed by atoms with van der Waals surface area (Å²) in [5, 5.41) is 13.1. The summed E-state index contributed by atoms with van der Waals surface area (Å²) in [5.74, 6) is 0.921. The maximum atomic E-state index is 9.72. The largest absolute Gasteiger partial charge is 0.494 e. The standard InChI is InChI=1S/C15H25NO2/c1-4-8-13(17)11-16-12(3)14-9-6-7-10-15(14)18-5-2/h6-7,9-10,12-13,16-17H,4-5,8,11H2,1-3H3. The van der Waals surface area contributed by atoms with Gasteiger partial charge in [-0.15, -0.1) is 0 Å². The normalized spacial score (nSPS) is 14.2. The molecule has 1 aromatic carbocycles. The van der Waals surface area contributed by atoms with Gasteiger partial charge in [0, 0.05) is 18.2 Å². The van der Waals surface area contributed by atoms with E-state index in [-0.39, 0.29) is 12.1 Å². The van der Waals surface area contributed by atoms with Crippen LogP contribution in [0.1, 0.15) is 45.2 Å². The fourth-order valence-electron chi connectivity index (χ4n) is 1.98. The van der Waals surface area contributed by atoms with Gasteiger partial charge >= 0.3 is 0 Å². The van der Waals surface area contributed by atoms with Crippen LogP contribution < -0.4 is 10.1 Å². The Labute approximate surface area is 110 Å². The molecule has 0 aliphatic heterocycles. The van der Waals surface area contributed by atoms with E-state index in [2.05, 4.69) is 25.2 Å². The highest BCUT2D eigenvalue weighted by molar-refractivity contribution is 5.35. The smallest absolute Gasteiger partial charge is 0.124 e. The second-order valence-electron chi connectivity index (χ2n) is 4.54. The molecule has 2 N–H and O–H groups in total. The summed E-state index contributed by atoms with van der Waals surface area (Å²) in [4.78, 5) is 0. The molecule has 3 nitrogen and oxygen atoms in total. The van der Waals surface area contributed by atoms with E-state index < -0.39 is 0 Å². The van der Waals surface area contributed by atoms with E-state index in [1.54, 1.807) is 0 Å². The molecule has 0 amide bonds. The third-order valence-corrected chi connectivity index (χ3v) is 2.97. The van der Waals surface area contributed by atoms with Crippen molar-refractivity contribution in [3.63, 3.8) is 0 Å². The SMILES string of the molecule is CCCC(O)CNC(C)c1ccccc1OCC. The Morgan fingerprint density at radius 2 is 2.00 bits per heavy atom. The van der Waals surface area contributed by atoms with Gasteiger partial charge in [-0.3, -0.25) is 0 Å². The average molecular weight is 251 g/mol. The van der Waals surface area contributed by atoms with Crippen molar-refractivity contribution >= 4 is 0 Å². The summed E-state index contributed by atoms with van der Waals surface area (Å²) >= 11 is 0. The fraction of sp³-hybridized carbons (Fsp3) is 0.600. The minimum Gasteiger partial charge on any atom is -0.494 e. The minimum absolute atomic E-state index is 0.180. The maximum Gasteiger partial charge on any atom is 0.124 e. The lowest BCUT2D eigenvalue weighted by Gasteiger charge is -2.19. The van der Waals surface area contributed by atoms with Crippen LogP contribution in [0.4, 0.5) is 0 Å². The van der Waals surface area contributed by atoms with E-state index in [0.717, 1.165) is 24.2 Å². The molecule has 0 aromatic heterocycles. The highest BCUT2D eigenvalue weighted by Gasteiger charge is 2.12. The van der Waals surface area contributed by atoms with Gasteiger partial charge in [-0.2, -0.15) is 0 Å². The first kappa shape index (κ1) is 15.0. The Bertz CT molecular complexity index is 341. The van der Waals surface area contributed by atoms with Gasteiger partial charge in [0.2, 0.25) is 0 Å². The van der Waals surface area contributed by atoms with Crippen molar-refractivity contribution in [3.05, 3.63) is 29.8 Å². The Balaban J connectivity index is 2.57. The highest BCUT2D eigenvalue weighted by Crippen LogP contribution is 2.24. The number of benzene rings is 1. The molecular formula is C15H25NO2. The minimum atomic E-state index is -0.267. The molecule has 0 fully saturated rings. The van der Waals surface area contributed by atoms with Gasteiger partial charge in [-0.1, -0.05) is 31.5 Å². The van der Waals surface area contributed by atoms with Crippen LogP contribution in [0.2, 0.25) is 0 Å². The molecule has 0 aliphatic carbocycles. The van der Waals surface area contributed by atoms with E-state index in [4.69, 9.17) is 4.74 Å². The summed E-state index contributed by atoms with van der Waals surface area (Å²) in [6.45, 7) is 7.45. The van der Waals surface area contributed by atoms with Gasteiger partial charge in [-0.25, -0.2) is 0 Å². The first-order valence-electron chi connectivity index (χ1n) is 6.82. The lowest BCUT2D eigenvalue weighted by Crippen LogP contribution is -2.29. The van der Waals surface area contributed by atoms with E-state index in [0.29, 0.717) is 13.2 Å². The van der Waals surface area contributed by atoms with Crippen molar-refractivity contribution in [1.82, 2.24) is 5.32 Å². The van der Waals surface area contributed by atoms with E-state index >= 15 is 0 Å². The van der Waals surface area contributed by atoms with Crippen LogP contribution in [0.5, 0.6) is 5.75 Å². The van der Waals surface area contributed by atoms with Crippen LogP contribution in [-0.4, -0.2) is 24.4 Å². The lowest BCUT2D eigenvalue weighted by atomic mass is 10.1. The first-order valence-corrected chi connectivity index (χ1v) is 6.82. The predicted molar refractivity (Wildman–Crippen MR) is 74.9 cm³/mol. The molecule has 0 bridgehead atoms. The monoisotopic (exact) mass is 251 g/mol. The topological polar surface area (TPSA) is 41.5 Å². The van der Waals surface area contributed by atoms with Gasteiger partial charge in [0.25, 0.3) is 0 Å². The average Bonchev–Trinajstić information content (AvgIpc) is 2.37. The highest BCUT2D eigenvalue weighted by atomic mass is 16.5. The number of nitrogens with one attached hydrogen (secondary N) is 1. The summed E-state index contributed by atoms with van der Waals surface area (Å²) in [7, 11) is 0. The number of aliphatic hydroxyl groups excluding tert-OH is 1. The van der Waals surface area contributed by atoms with Crippen LogP contribution in [0, 0.1) is 0 Å². The molecular weight excluding hydrogens is 226 g/mol.